The maximum atomic E-state index is 5.12. The van der Waals surface area contributed by atoms with Crippen molar-refractivity contribution < 1.29 is 0 Å². The predicted octanol–water partition coefficient (Wildman–Crippen LogP) is 8.52. The standard InChI is InChI=1S/C35H29N3/c1-25(27-15-5-3-6-16-27)36-35(37-26(2)28-17-7-4-8-18-28)31-21-11-14-24-34(31)38-32-22-12-9-19-29(32)30-20-10-13-23-33(30)38/h3-9,11-19,21-24H,1,10,20H2,2H3. The summed E-state index contributed by atoms with van der Waals surface area (Å²) in [5, 5.41) is 1.30. The molecule has 0 amide bonds. The fourth-order valence-corrected chi connectivity index (χ4v) is 5.18. The van der Waals surface area contributed by atoms with Gasteiger partial charge in [0, 0.05) is 22.4 Å². The number of amidine groups is 1. The van der Waals surface area contributed by atoms with Crippen LogP contribution in [-0.4, -0.2) is 16.1 Å². The van der Waals surface area contributed by atoms with Gasteiger partial charge in [0.05, 0.1) is 16.9 Å². The van der Waals surface area contributed by atoms with E-state index in [0.717, 1.165) is 40.9 Å². The lowest BCUT2D eigenvalue weighted by molar-refractivity contribution is 0.967. The van der Waals surface area contributed by atoms with Crippen molar-refractivity contribution in [3.05, 3.63) is 150 Å². The highest BCUT2D eigenvalue weighted by Gasteiger charge is 2.21. The number of rotatable bonds is 5. The first kappa shape index (κ1) is 23.6. The number of aromatic nitrogens is 1. The number of hydrogen-bond donors (Lipinski definition) is 0. The number of aliphatic imine (C=N–C) groups is 2. The summed E-state index contributed by atoms with van der Waals surface area (Å²) < 4.78 is 2.36. The smallest absolute Gasteiger partial charge is 0.162 e. The van der Waals surface area contributed by atoms with Crippen LogP contribution in [0, 0.1) is 0 Å². The molecule has 0 unspecified atom stereocenters. The molecule has 4 aromatic carbocycles. The predicted molar refractivity (Wildman–Crippen MR) is 161 cm³/mol. The molecule has 1 aliphatic rings. The number of fused-ring (bicyclic) bond motifs is 3. The van der Waals surface area contributed by atoms with Gasteiger partial charge >= 0.3 is 0 Å². The van der Waals surface area contributed by atoms with Crippen molar-refractivity contribution in [1.29, 1.82) is 0 Å². The molecule has 0 bridgehead atoms. The van der Waals surface area contributed by atoms with E-state index in [1.54, 1.807) is 0 Å². The third-order valence-corrected chi connectivity index (χ3v) is 7.06. The summed E-state index contributed by atoms with van der Waals surface area (Å²) >= 11 is 0. The van der Waals surface area contributed by atoms with E-state index < -0.39 is 0 Å². The molecular weight excluding hydrogens is 462 g/mol. The van der Waals surface area contributed by atoms with Crippen LogP contribution in [0.5, 0.6) is 0 Å². The second kappa shape index (κ2) is 10.3. The first-order chi connectivity index (χ1) is 18.7. The van der Waals surface area contributed by atoms with Crippen LogP contribution in [0.4, 0.5) is 0 Å². The summed E-state index contributed by atoms with van der Waals surface area (Å²) in [5.41, 5.74) is 9.46. The molecule has 3 nitrogen and oxygen atoms in total. The summed E-state index contributed by atoms with van der Waals surface area (Å²) in [6.45, 7) is 6.34. The van der Waals surface area contributed by atoms with Crippen LogP contribution in [0.2, 0.25) is 0 Å². The van der Waals surface area contributed by atoms with Crippen molar-refractivity contribution in [2.75, 3.05) is 0 Å². The third-order valence-electron chi connectivity index (χ3n) is 7.06. The number of benzene rings is 4. The van der Waals surface area contributed by atoms with E-state index in [0.29, 0.717) is 11.5 Å². The van der Waals surface area contributed by atoms with Crippen LogP contribution >= 0.6 is 0 Å². The second-order valence-electron chi connectivity index (χ2n) is 9.49. The monoisotopic (exact) mass is 491 g/mol. The fourth-order valence-electron chi connectivity index (χ4n) is 5.18. The zero-order valence-corrected chi connectivity index (χ0v) is 21.5. The summed E-state index contributed by atoms with van der Waals surface area (Å²) in [7, 11) is 0. The van der Waals surface area contributed by atoms with Crippen molar-refractivity contribution in [2.24, 2.45) is 9.98 Å². The Labute approximate surface area is 223 Å². The molecule has 6 rings (SSSR count). The van der Waals surface area contributed by atoms with E-state index in [-0.39, 0.29) is 0 Å². The molecule has 0 radical (unpaired) electrons. The van der Waals surface area contributed by atoms with E-state index in [1.165, 1.54) is 22.2 Å². The van der Waals surface area contributed by atoms with Crippen LogP contribution < -0.4 is 0 Å². The Hall–Kier alpha value is -4.76. The highest BCUT2D eigenvalue weighted by Crippen LogP contribution is 2.35. The first-order valence-corrected chi connectivity index (χ1v) is 13.0. The second-order valence-corrected chi connectivity index (χ2v) is 9.49. The van der Waals surface area contributed by atoms with Crippen LogP contribution in [0.25, 0.3) is 28.4 Å². The molecule has 3 heteroatoms. The Morgan fingerprint density at radius 2 is 1.39 bits per heavy atom. The van der Waals surface area contributed by atoms with Crippen LogP contribution in [-0.2, 0) is 6.42 Å². The molecule has 38 heavy (non-hydrogen) atoms. The molecule has 1 aromatic heterocycles. The van der Waals surface area contributed by atoms with Gasteiger partial charge in [0.15, 0.2) is 5.84 Å². The van der Waals surface area contributed by atoms with Gasteiger partial charge < -0.3 is 4.57 Å². The largest absolute Gasteiger partial charge is 0.309 e. The summed E-state index contributed by atoms with van der Waals surface area (Å²) in [6, 6.07) is 37.4. The Morgan fingerprint density at radius 3 is 2.18 bits per heavy atom. The van der Waals surface area contributed by atoms with Crippen molar-refractivity contribution in [3.63, 3.8) is 0 Å². The average Bonchev–Trinajstić information content (AvgIpc) is 3.32. The summed E-state index contributed by atoms with van der Waals surface area (Å²) in [5.74, 6) is 0.641. The van der Waals surface area contributed by atoms with Gasteiger partial charge in [0.25, 0.3) is 0 Å². The highest BCUT2D eigenvalue weighted by atomic mass is 15.0. The van der Waals surface area contributed by atoms with E-state index in [4.69, 9.17) is 9.98 Å². The van der Waals surface area contributed by atoms with Crippen molar-refractivity contribution in [2.45, 2.75) is 19.8 Å². The number of aryl methyl sites for hydroxylation is 1. The molecule has 0 N–H and O–H groups in total. The molecular formula is C35H29N3. The molecule has 5 aromatic rings. The van der Waals surface area contributed by atoms with Gasteiger partial charge in [-0.25, -0.2) is 9.98 Å². The minimum absolute atomic E-state index is 0.641. The minimum atomic E-state index is 0.641. The number of para-hydroxylation sites is 2. The topological polar surface area (TPSA) is 29.6 Å². The quantitative estimate of drug-likeness (QED) is 0.174. The van der Waals surface area contributed by atoms with Crippen molar-refractivity contribution >= 4 is 34.2 Å². The number of hydrogen-bond acceptors (Lipinski definition) is 1. The van der Waals surface area contributed by atoms with Gasteiger partial charge in [0.2, 0.25) is 0 Å². The average molecular weight is 492 g/mol. The molecule has 1 aliphatic carbocycles. The first-order valence-electron chi connectivity index (χ1n) is 13.0. The third kappa shape index (κ3) is 4.44. The Kier molecular flexibility index (Phi) is 6.41. The normalized spacial score (nSPS) is 13.5. The molecule has 0 aliphatic heterocycles. The van der Waals surface area contributed by atoms with Gasteiger partial charge in [-0.15, -0.1) is 0 Å². The van der Waals surface area contributed by atoms with Gasteiger partial charge in [-0.1, -0.05) is 104 Å². The van der Waals surface area contributed by atoms with Crippen molar-refractivity contribution in [1.82, 2.24) is 4.57 Å². The molecule has 0 spiro atoms. The van der Waals surface area contributed by atoms with E-state index >= 15 is 0 Å². The Morgan fingerprint density at radius 1 is 0.737 bits per heavy atom. The fraction of sp³-hybridized carbons (Fsp3) is 0.0857. The number of allylic oxidation sites excluding steroid dienone is 1. The lowest BCUT2D eigenvalue weighted by atomic mass is 10.0. The lowest BCUT2D eigenvalue weighted by Gasteiger charge is -2.16. The van der Waals surface area contributed by atoms with E-state index in [2.05, 4.69) is 84.0 Å². The molecule has 0 atom stereocenters. The molecule has 0 saturated heterocycles. The van der Waals surface area contributed by atoms with Gasteiger partial charge in [0.1, 0.15) is 0 Å². The summed E-state index contributed by atoms with van der Waals surface area (Å²) in [6.07, 6.45) is 6.63. The highest BCUT2D eigenvalue weighted by molar-refractivity contribution is 6.14. The van der Waals surface area contributed by atoms with Gasteiger partial charge in [-0.05, 0) is 60.7 Å². The summed E-state index contributed by atoms with van der Waals surface area (Å²) in [4.78, 5) is 10.2. The van der Waals surface area contributed by atoms with Crippen LogP contribution in [0.1, 0.15) is 41.3 Å². The van der Waals surface area contributed by atoms with Crippen LogP contribution in [0.3, 0.4) is 0 Å². The SMILES string of the molecule is C=C(N=C(N=C(C)c1ccccc1)c1ccccc1-n1c2c(c3ccccc31)CCC=C2)c1ccccc1. The Bertz CT molecular complexity index is 1720. The Balaban J connectivity index is 1.58. The molecule has 184 valence electrons. The lowest BCUT2D eigenvalue weighted by Crippen LogP contribution is -2.10. The number of nitrogens with zero attached hydrogens (tertiary/aromatic N) is 3. The minimum Gasteiger partial charge on any atom is -0.309 e. The zero-order valence-electron chi connectivity index (χ0n) is 21.5. The maximum absolute atomic E-state index is 5.12. The van der Waals surface area contributed by atoms with E-state index in [9.17, 15) is 0 Å². The maximum Gasteiger partial charge on any atom is 0.162 e. The van der Waals surface area contributed by atoms with Gasteiger partial charge in [-0.2, -0.15) is 0 Å². The molecule has 1 heterocycles. The molecule has 0 saturated carbocycles. The molecule has 0 fully saturated rings. The zero-order chi connectivity index (χ0) is 25.9. The van der Waals surface area contributed by atoms with E-state index in [1.807, 2.05) is 55.5 Å². The van der Waals surface area contributed by atoms with Crippen LogP contribution in [0.15, 0.2) is 132 Å². The van der Waals surface area contributed by atoms with Crippen molar-refractivity contribution in [3.8, 4) is 5.69 Å². The van der Waals surface area contributed by atoms with Gasteiger partial charge in [-0.3, -0.25) is 0 Å².